The highest BCUT2D eigenvalue weighted by atomic mass is 16.5. The van der Waals surface area contributed by atoms with Crippen molar-refractivity contribution >= 4 is 0 Å². The zero-order valence-corrected chi connectivity index (χ0v) is 11.0. The number of fused-ring (bicyclic) bond motifs is 2. The molecule has 1 fully saturated rings. The molecule has 4 aliphatic rings. The Balaban J connectivity index is 1.85. The molecule has 4 rings (SSSR count). The lowest BCUT2D eigenvalue weighted by Gasteiger charge is -2.32. The van der Waals surface area contributed by atoms with Crippen molar-refractivity contribution < 1.29 is 4.74 Å². The molecule has 0 aromatic carbocycles. The van der Waals surface area contributed by atoms with Gasteiger partial charge in [0, 0.05) is 19.5 Å². The van der Waals surface area contributed by atoms with Gasteiger partial charge in [-0.25, -0.2) is 0 Å². The van der Waals surface area contributed by atoms with Crippen LogP contribution in [-0.2, 0) is 4.74 Å². The lowest BCUT2D eigenvalue weighted by Crippen LogP contribution is -2.41. The van der Waals surface area contributed by atoms with E-state index in [1.54, 1.807) is 11.1 Å². The molecule has 0 saturated carbocycles. The summed E-state index contributed by atoms with van der Waals surface area (Å²) in [6.45, 7) is 5.44. The van der Waals surface area contributed by atoms with E-state index >= 15 is 0 Å². The minimum Gasteiger partial charge on any atom is -0.467 e. The molecule has 0 aromatic rings. The van der Waals surface area contributed by atoms with Gasteiger partial charge in [0.15, 0.2) is 0 Å². The van der Waals surface area contributed by atoms with E-state index in [0.717, 1.165) is 26.1 Å². The van der Waals surface area contributed by atoms with Crippen LogP contribution < -0.4 is 5.32 Å². The van der Waals surface area contributed by atoms with Crippen molar-refractivity contribution in [3.63, 3.8) is 0 Å². The summed E-state index contributed by atoms with van der Waals surface area (Å²) in [5.41, 5.74) is 6.02. The molecular weight excluding hydrogens is 224 g/mol. The van der Waals surface area contributed by atoms with Crippen LogP contribution in [0.2, 0.25) is 0 Å². The molecule has 3 nitrogen and oxygen atoms in total. The molecule has 1 aliphatic carbocycles. The van der Waals surface area contributed by atoms with Crippen molar-refractivity contribution in [2.24, 2.45) is 0 Å². The number of ether oxygens (including phenoxy) is 1. The maximum atomic E-state index is 5.93. The first-order chi connectivity index (χ1) is 8.84. The molecule has 1 N–H and O–H groups in total. The minimum absolute atomic E-state index is 0.634. The highest BCUT2D eigenvalue weighted by Crippen LogP contribution is 2.45. The average molecular weight is 244 g/mol. The molecule has 96 valence electrons. The Morgan fingerprint density at radius 3 is 3.28 bits per heavy atom. The van der Waals surface area contributed by atoms with Crippen molar-refractivity contribution in [2.75, 3.05) is 19.6 Å². The van der Waals surface area contributed by atoms with E-state index in [9.17, 15) is 0 Å². The smallest absolute Gasteiger partial charge is 0.127 e. The third-order valence-electron chi connectivity index (χ3n) is 4.57. The monoisotopic (exact) mass is 244 g/mol. The van der Waals surface area contributed by atoms with Crippen LogP contribution in [-0.4, -0.2) is 30.6 Å². The molecule has 3 heterocycles. The summed E-state index contributed by atoms with van der Waals surface area (Å²) in [5.74, 6) is 1.22. The van der Waals surface area contributed by atoms with Crippen molar-refractivity contribution in [1.29, 1.82) is 0 Å². The molecule has 0 amide bonds. The van der Waals surface area contributed by atoms with Crippen molar-refractivity contribution in [3.05, 3.63) is 34.4 Å². The summed E-state index contributed by atoms with van der Waals surface area (Å²) in [4.78, 5) is 2.61. The van der Waals surface area contributed by atoms with Gasteiger partial charge in [0.25, 0.3) is 0 Å². The van der Waals surface area contributed by atoms with Gasteiger partial charge >= 0.3 is 0 Å². The van der Waals surface area contributed by atoms with Crippen LogP contribution in [0.25, 0.3) is 0 Å². The maximum Gasteiger partial charge on any atom is 0.127 e. The first-order valence-corrected chi connectivity index (χ1v) is 7.09. The summed E-state index contributed by atoms with van der Waals surface area (Å²) in [7, 11) is 0. The van der Waals surface area contributed by atoms with Gasteiger partial charge in [-0.05, 0) is 49.5 Å². The first kappa shape index (κ1) is 10.7. The number of rotatable bonds is 0. The fourth-order valence-electron chi connectivity index (χ4n) is 3.82. The van der Waals surface area contributed by atoms with Crippen molar-refractivity contribution in [3.8, 4) is 0 Å². The normalized spacial score (nSPS) is 30.6. The van der Waals surface area contributed by atoms with E-state index in [2.05, 4.69) is 17.1 Å². The third-order valence-corrected chi connectivity index (χ3v) is 4.57. The maximum absolute atomic E-state index is 5.93. The topological polar surface area (TPSA) is 24.5 Å². The second-order valence-electron chi connectivity index (χ2n) is 5.82. The van der Waals surface area contributed by atoms with Gasteiger partial charge in [-0.1, -0.05) is 0 Å². The highest BCUT2D eigenvalue weighted by Gasteiger charge is 2.41. The van der Waals surface area contributed by atoms with Gasteiger partial charge in [-0.3, -0.25) is 0 Å². The number of piperidine rings is 1. The Labute approximate surface area is 108 Å². The minimum atomic E-state index is 0.634. The van der Waals surface area contributed by atoms with Crippen LogP contribution >= 0.6 is 0 Å². The summed E-state index contributed by atoms with van der Waals surface area (Å²) in [6, 6.07) is 0.634. The molecule has 0 radical (unpaired) electrons. The lowest BCUT2D eigenvalue weighted by atomic mass is 9.92. The van der Waals surface area contributed by atoms with Crippen LogP contribution in [0, 0.1) is 0 Å². The molecule has 3 heteroatoms. The van der Waals surface area contributed by atoms with Gasteiger partial charge in [0.2, 0.25) is 0 Å². The largest absolute Gasteiger partial charge is 0.467 e. The zero-order valence-electron chi connectivity index (χ0n) is 11.0. The number of hydrogen-bond acceptors (Lipinski definition) is 3. The molecule has 1 atom stereocenters. The number of nitrogens with one attached hydrogen (secondary N) is 1. The van der Waals surface area contributed by atoms with E-state index in [1.165, 1.54) is 36.3 Å². The Bertz CT molecular complexity index is 487. The van der Waals surface area contributed by atoms with Crippen LogP contribution in [0.5, 0.6) is 0 Å². The van der Waals surface area contributed by atoms with Crippen LogP contribution in [0.15, 0.2) is 34.4 Å². The standard InChI is InChI=1S/C15H20N2O/c1-10-8-17-13-5-6-16-7-12(13)11-3-2-4-14(15(11)17)18-9-10/h9,13,16H,2-8H2,1H3. The Morgan fingerprint density at radius 2 is 2.33 bits per heavy atom. The SMILES string of the molecule is CC1=COC2=C3C(=C4CNCCC4N3C1)CCC2. The number of hydrogen-bond donors (Lipinski definition) is 1. The van der Waals surface area contributed by atoms with Gasteiger partial charge in [0.05, 0.1) is 18.0 Å². The predicted octanol–water partition coefficient (Wildman–Crippen LogP) is 2.29. The average Bonchev–Trinajstić information content (AvgIpc) is 2.61. The van der Waals surface area contributed by atoms with E-state index in [4.69, 9.17) is 4.74 Å². The summed E-state index contributed by atoms with van der Waals surface area (Å²) in [6.07, 6.45) is 6.79. The van der Waals surface area contributed by atoms with Crippen LogP contribution in [0.3, 0.4) is 0 Å². The van der Waals surface area contributed by atoms with E-state index in [-0.39, 0.29) is 0 Å². The molecular formula is C15H20N2O. The zero-order chi connectivity index (χ0) is 12.1. The van der Waals surface area contributed by atoms with E-state index < -0.39 is 0 Å². The molecule has 18 heavy (non-hydrogen) atoms. The van der Waals surface area contributed by atoms with E-state index in [1.807, 2.05) is 6.26 Å². The number of allylic oxidation sites excluding steroid dienone is 2. The second kappa shape index (κ2) is 3.89. The van der Waals surface area contributed by atoms with Crippen molar-refractivity contribution in [2.45, 2.75) is 38.6 Å². The lowest BCUT2D eigenvalue weighted by molar-refractivity contribution is 0.274. The molecule has 0 aromatic heterocycles. The highest BCUT2D eigenvalue weighted by molar-refractivity contribution is 5.49. The summed E-state index contributed by atoms with van der Waals surface area (Å²) < 4.78 is 5.93. The Morgan fingerprint density at radius 1 is 1.39 bits per heavy atom. The Hall–Kier alpha value is -1.22. The molecule has 1 saturated heterocycles. The van der Waals surface area contributed by atoms with Crippen molar-refractivity contribution in [1.82, 2.24) is 10.2 Å². The summed E-state index contributed by atoms with van der Waals surface area (Å²) >= 11 is 0. The third kappa shape index (κ3) is 1.40. The molecule has 1 unspecified atom stereocenters. The quantitative estimate of drug-likeness (QED) is 0.707. The number of nitrogens with zero attached hydrogens (tertiary/aromatic N) is 1. The van der Waals surface area contributed by atoms with Gasteiger partial charge in [-0.2, -0.15) is 0 Å². The van der Waals surface area contributed by atoms with Gasteiger partial charge < -0.3 is 15.0 Å². The van der Waals surface area contributed by atoms with E-state index in [0.29, 0.717) is 6.04 Å². The molecule has 0 spiro atoms. The Kier molecular flexibility index (Phi) is 2.31. The van der Waals surface area contributed by atoms with Crippen LogP contribution in [0.4, 0.5) is 0 Å². The van der Waals surface area contributed by atoms with Gasteiger partial charge in [0.1, 0.15) is 5.76 Å². The molecule has 3 aliphatic heterocycles. The van der Waals surface area contributed by atoms with Crippen LogP contribution in [0.1, 0.15) is 32.6 Å². The fourth-order valence-corrected chi connectivity index (χ4v) is 3.82. The van der Waals surface area contributed by atoms with Gasteiger partial charge in [-0.15, -0.1) is 0 Å². The first-order valence-electron chi connectivity index (χ1n) is 7.09. The predicted molar refractivity (Wildman–Crippen MR) is 70.7 cm³/mol. The fraction of sp³-hybridized carbons (Fsp3) is 0.600. The second-order valence-corrected chi connectivity index (χ2v) is 5.82. The summed E-state index contributed by atoms with van der Waals surface area (Å²) in [5, 5.41) is 3.53. The molecule has 0 bridgehead atoms.